The van der Waals surface area contributed by atoms with E-state index in [1.807, 2.05) is 55.5 Å². The Bertz CT molecular complexity index is 788. The van der Waals surface area contributed by atoms with E-state index in [9.17, 15) is 4.79 Å². The summed E-state index contributed by atoms with van der Waals surface area (Å²) in [4.78, 5) is 12.1. The Labute approximate surface area is 116 Å². The van der Waals surface area contributed by atoms with Crippen LogP contribution >= 0.6 is 0 Å². The van der Waals surface area contributed by atoms with Crippen LogP contribution in [0.5, 0.6) is 5.75 Å². The summed E-state index contributed by atoms with van der Waals surface area (Å²) in [7, 11) is 0. The normalized spacial score (nSPS) is 10.7. The van der Waals surface area contributed by atoms with E-state index in [0.717, 1.165) is 10.9 Å². The van der Waals surface area contributed by atoms with E-state index >= 15 is 0 Å². The van der Waals surface area contributed by atoms with Crippen molar-refractivity contribution in [1.82, 2.24) is 0 Å². The Morgan fingerprint density at radius 1 is 1.05 bits per heavy atom. The molecule has 3 aromatic rings. The van der Waals surface area contributed by atoms with Crippen LogP contribution in [0, 0.1) is 0 Å². The van der Waals surface area contributed by atoms with Crippen LogP contribution in [0.25, 0.3) is 22.1 Å². The molecule has 0 atom stereocenters. The Morgan fingerprint density at radius 2 is 1.85 bits per heavy atom. The Kier molecular flexibility index (Phi) is 3.25. The van der Waals surface area contributed by atoms with Crippen molar-refractivity contribution in [2.45, 2.75) is 6.92 Å². The second kappa shape index (κ2) is 5.21. The molecule has 0 saturated heterocycles. The van der Waals surface area contributed by atoms with Gasteiger partial charge in [0.25, 0.3) is 0 Å². The molecular formula is C17H14O3. The van der Waals surface area contributed by atoms with Gasteiger partial charge in [-0.15, -0.1) is 0 Å². The smallest absolute Gasteiger partial charge is 0.344 e. The molecule has 0 amide bonds. The number of ether oxygens (including phenoxy) is 1. The van der Waals surface area contributed by atoms with Gasteiger partial charge in [-0.2, -0.15) is 0 Å². The molecule has 0 N–H and O–H groups in total. The van der Waals surface area contributed by atoms with Crippen LogP contribution in [0.15, 0.2) is 63.8 Å². The highest BCUT2D eigenvalue weighted by Gasteiger charge is 2.08. The molecule has 20 heavy (non-hydrogen) atoms. The zero-order chi connectivity index (χ0) is 13.9. The van der Waals surface area contributed by atoms with Gasteiger partial charge in [0.15, 0.2) is 0 Å². The molecule has 3 nitrogen and oxygen atoms in total. The van der Waals surface area contributed by atoms with E-state index in [1.54, 1.807) is 6.07 Å². The summed E-state index contributed by atoms with van der Waals surface area (Å²) < 4.78 is 10.8. The molecule has 0 fully saturated rings. The third-order valence-electron chi connectivity index (χ3n) is 3.10. The topological polar surface area (TPSA) is 39.4 Å². The summed E-state index contributed by atoms with van der Waals surface area (Å²) in [6, 6.07) is 16.9. The highest BCUT2D eigenvalue weighted by Crippen LogP contribution is 2.24. The molecule has 0 unspecified atom stereocenters. The first kappa shape index (κ1) is 12.5. The van der Waals surface area contributed by atoms with Crippen molar-refractivity contribution in [3.05, 3.63) is 65.0 Å². The minimum atomic E-state index is -0.336. The van der Waals surface area contributed by atoms with Gasteiger partial charge in [0.1, 0.15) is 11.3 Å². The second-order valence-corrected chi connectivity index (χ2v) is 4.45. The molecule has 2 aromatic carbocycles. The Morgan fingerprint density at radius 3 is 2.60 bits per heavy atom. The van der Waals surface area contributed by atoms with E-state index in [2.05, 4.69) is 0 Å². The van der Waals surface area contributed by atoms with Crippen LogP contribution in [0.4, 0.5) is 0 Å². The lowest BCUT2D eigenvalue weighted by molar-refractivity contribution is 0.340. The van der Waals surface area contributed by atoms with Crippen LogP contribution in [0.3, 0.4) is 0 Å². The van der Waals surface area contributed by atoms with Crippen molar-refractivity contribution >= 4 is 11.0 Å². The lowest BCUT2D eigenvalue weighted by atomic mass is 10.1. The molecule has 0 saturated carbocycles. The molecule has 1 heterocycles. The molecular weight excluding hydrogens is 252 g/mol. The zero-order valence-electron chi connectivity index (χ0n) is 11.1. The molecule has 100 valence electrons. The number of fused-ring (bicyclic) bond motifs is 1. The minimum Gasteiger partial charge on any atom is -0.494 e. The SMILES string of the molecule is CCOc1ccc2cc(-c3ccccc3)c(=O)oc2c1. The Balaban J connectivity index is 2.16. The molecule has 3 heteroatoms. The van der Waals surface area contributed by atoms with Crippen molar-refractivity contribution in [3.63, 3.8) is 0 Å². The first-order valence-corrected chi connectivity index (χ1v) is 6.54. The van der Waals surface area contributed by atoms with Gasteiger partial charge < -0.3 is 9.15 Å². The van der Waals surface area contributed by atoms with E-state index in [1.165, 1.54) is 0 Å². The maximum atomic E-state index is 12.1. The molecule has 0 spiro atoms. The average Bonchev–Trinajstić information content (AvgIpc) is 2.48. The van der Waals surface area contributed by atoms with Crippen LogP contribution < -0.4 is 10.4 Å². The summed E-state index contributed by atoms with van der Waals surface area (Å²) in [5.74, 6) is 0.704. The number of benzene rings is 2. The summed E-state index contributed by atoms with van der Waals surface area (Å²) in [6.07, 6.45) is 0. The molecule has 3 rings (SSSR count). The summed E-state index contributed by atoms with van der Waals surface area (Å²) in [6.45, 7) is 2.50. The molecule has 0 aliphatic rings. The third-order valence-corrected chi connectivity index (χ3v) is 3.10. The third kappa shape index (κ3) is 2.30. The maximum Gasteiger partial charge on any atom is 0.344 e. The van der Waals surface area contributed by atoms with Gasteiger partial charge in [-0.25, -0.2) is 4.79 Å². The monoisotopic (exact) mass is 266 g/mol. The van der Waals surface area contributed by atoms with Crippen molar-refractivity contribution in [2.75, 3.05) is 6.61 Å². The van der Waals surface area contributed by atoms with E-state index in [4.69, 9.17) is 9.15 Å². The van der Waals surface area contributed by atoms with Crippen LogP contribution in [0.2, 0.25) is 0 Å². The predicted octanol–water partition coefficient (Wildman–Crippen LogP) is 3.86. The fourth-order valence-corrected chi connectivity index (χ4v) is 2.17. The van der Waals surface area contributed by atoms with Crippen LogP contribution in [0.1, 0.15) is 6.92 Å². The van der Waals surface area contributed by atoms with Crippen molar-refractivity contribution < 1.29 is 9.15 Å². The van der Waals surface area contributed by atoms with Gasteiger partial charge in [-0.1, -0.05) is 30.3 Å². The number of rotatable bonds is 3. The molecule has 0 bridgehead atoms. The van der Waals surface area contributed by atoms with Gasteiger partial charge in [-0.05, 0) is 30.7 Å². The van der Waals surface area contributed by atoms with Crippen molar-refractivity contribution in [2.24, 2.45) is 0 Å². The molecule has 1 aromatic heterocycles. The number of hydrogen-bond donors (Lipinski definition) is 0. The lowest BCUT2D eigenvalue weighted by Crippen LogP contribution is -2.02. The standard InChI is InChI=1S/C17H14O3/c1-2-19-14-9-8-13-10-15(12-6-4-3-5-7-12)17(18)20-16(13)11-14/h3-11H,2H2,1H3. The van der Waals surface area contributed by atoms with Crippen LogP contribution in [-0.2, 0) is 0 Å². The lowest BCUT2D eigenvalue weighted by Gasteiger charge is -2.05. The first-order chi connectivity index (χ1) is 9.78. The minimum absolute atomic E-state index is 0.336. The first-order valence-electron chi connectivity index (χ1n) is 6.54. The van der Waals surface area contributed by atoms with Crippen molar-refractivity contribution in [1.29, 1.82) is 0 Å². The largest absolute Gasteiger partial charge is 0.494 e. The highest BCUT2D eigenvalue weighted by molar-refractivity contribution is 5.82. The molecule has 0 aliphatic carbocycles. The van der Waals surface area contributed by atoms with Gasteiger partial charge in [-0.3, -0.25) is 0 Å². The van der Waals surface area contributed by atoms with Gasteiger partial charge in [0.2, 0.25) is 0 Å². The fraction of sp³-hybridized carbons (Fsp3) is 0.118. The zero-order valence-corrected chi connectivity index (χ0v) is 11.1. The molecule has 0 radical (unpaired) electrons. The van der Waals surface area contributed by atoms with Crippen LogP contribution in [-0.4, -0.2) is 6.61 Å². The quantitative estimate of drug-likeness (QED) is 0.676. The molecule has 0 aliphatic heterocycles. The van der Waals surface area contributed by atoms with E-state index in [-0.39, 0.29) is 5.63 Å². The predicted molar refractivity (Wildman–Crippen MR) is 79.1 cm³/mol. The number of hydrogen-bond acceptors (Lipinski definition) is 3. The summed E-state index contributed by atoms with van der Waals surface area (Å²) in [5.41, 5.74) is 1.64. The highest BCUT2D eigenvalue weighted by atomic mass is 16.5. The maximum absolute atomic E-state index is 12.1. The van der Waals surface area contributed by atoms with Gasteiger partial charge >= 0.3 is 5.63 Å². The summed E-state index contributed by atoms with van der Waals surface area (Å²) >= 11 is 0. The van der Waals surface area contributed by atoms with E-state index in [0.29, 0.717) is 23.5 Å². The van der Waals surface area contributed by atoms with Crippen molar-refractivity contribution in [3.8, 4) is 16.9 Å². The van der Waals surface area contributed by atoms with Gasteiger partial charge in [0, 0.05) is 11.5 Å². The summed E-state index contributed by atoms with van der Waals surface area (Å²) in [5, 5.41) is 0.881. The van der Waals surface area contributed by atoms with Gasteiger partial charge in [0.05, 0.1) is 12.2 Å². The average molecular weight is 266 g/mol. The Hall–Kier alpha value is -2.55. The van der Waals surface area contributed by atoms with E-state index < -0.39 is 0 Å². The second-order valence-electron chi connectivity index (χ2n) is 4.45. The fourth-order valence-electron chi connectivity index (χ4n) is 2.17.